The number of carboxylic acid groups (broad SMARTS) is 1. The Labute approximate surface area is 466 Å². The normalized spacial score (nSPS) is 36.0. The monoisotopic (exact) mass is 1110 g/mol. The molecule has 0 radical (unpaired) electrons. The minimum atomic E-state index is -2.03. The fourth-order valence-corrected chi connectivity index (χ4v) is 11.8. The quantitative estimate of drug-likeness (QED) is 0.0799. The van der Waals surface area contributed by atoms with Crippen LogP contribution in [-0.2, 0) is 63.6 Å². The predicted molar refractivity (Wildman–Crippen MR) is 292 cm³/mol. The summed E-state index contributed by atoms with van der Waals surface area (Å²) in [5.41, 5.74) is -4.19. The van der Waals surface area contributed by atoms with Crippen molar-refractivity contribution in [2.24, 2.45) is 23.7 Å². The number of hydrogen-bond acceptors (Lipinski definition) is 18. The number of Topliss-reactive ketones (excluding diaryl/α,β-unsaturated/α-hetero) is 1. The van der Waals surface area contributed by atoms with Crippen LogP contribution in [0.5, 0.6) is 0 Å². The lowest BCUT2D eigenvalue weighted by Gasteiger charge is -2.50. The summed E-state index contributed by atoms with van der Waals surface area (Å²) >= 11 is 0. The summed E-state index contributed by atoms with van der Waals surface area (Å²) in [5, 5.41) is 45.1. The van der Waals surface area contributed by atoms with Gasteiger partial charge in [-0.25, -0.2) is 4.79 Å². The van der Waals surface area contributed by atoms with Crippen molar-refractivity contribution < 1.29 is 82.2 Å². The van der Waals surface area contributed by atoms with Crippen LogP contribution in [0.4, 0.5) is 0 Å². The first kappa shape index (κ1) is 65.4. The second kappa shape index (κ2) is 28.1. The lowest BCUT2D eigenvalue weighted by atomic mass is 9.74. The maximum absolute atomic E-state index is 14.6. The number of ketones is 1. The van der Waals surface area contributed by atoms with Crippen molar-refractivity contribution >= 4 is 34.6 Å². The van der Waals surface area contributed by atoms with E-state index < -0.39 is 119 Å². The highest BCUT2D eigenvalue weighted by molar-refractivity contribution is 5.93. The van der Waals surface area contributed by atoms with E-state index in [1.165, 1.54) is 34.3 Å². The second-order valence-corrected chi connectivity index (χ2v) is 23.0. The third-order valence-electron chi connectivity index (χ3n) is 16.7. The largest absolute Gasteiger partial charge is 0.477 e. The third kappa shape index (κ3) is 15.4. The van der Waals surface area contributed by atoms with Crippen LogP contribution in [0, 0.1) is 35.5 Å². The minimum Gasteiger partial charge on any atom is -0.477 e. The number of cyclic esters (lactones) is 1. The van der Waals surface area contributed by atoms with Gasteiger partial charge in [-0.3, -0.25) is 19.2 Å². The zero-order valence-corrected chi connectivity index (χ0v) is 49.1. The number of hydrogen-bond donors (Lipinski definition) is 4. The van der Waals surface area contributed by atoms with Gasteiger partial charge in [0.15, 0.2) is 18.7 Å². The number of aliphatic hydroxyl groups excluding tert-OH is 2. The van der Waals surface area contributed by atoms with E-state index in [0.717, 1.165) is 0 Å². The summed E-state index contributed by atoms with van der Waals surface area (Å²) < 4.78 is 58.7. The summed E-state index contributed by atoms with van der Waals surface area (Å²) in [7, 11) is 6.73. The molecule has 1 aromatic carbocycles. The van der Waals surface area contributed by atoms with Gasteiger partial charge in [0, 0.05) is 81.2 Å². The van der Waals surface area contributed by atoms with Gasteiger partial charge in [-0.05, 0) is 113 Å². The molecule has 0 bridgehead atoms. The highest BCUT2D eigenvalue weighted by atomic mass is 16.7. The molecule has 20 heteroatoms. The van der Waals surface area contributed by atoms with Gasteiger partial charge in [0.25, 0.3) is 0 Å². The van der Waals surface area contributed by atoms with Gasteiger partial charge in [-0.2, -0.15) is 0 Å². The number of rotatable bonds is 18. The molecule has 4 heterocycles. The van der Waals surface area contributed by atoms with E-state index >= 15 is 0 Å². The Morgan fingerprint density at radius 1 is 0.886 bits per heavy atom. The van der Waals surface area contributed by atoms with Crippen molar-refractivity contribution in [1.29, 1.82) is 0 Å². The van der Waals surface area contributed by atoms with Crippen molar-refractivity contribution in [1.82, 2.24) is 9.47 Å². The molecule has 5 rings (SSSR count). The molecule has 0 amide bonds. The molecule has 0 saturated carbocycles. The van der Waals surface area contributed by atoms with E-state index in [9.17, 15) is 44.4 Å². The smallest absolute Gasteiger partial charge is 0.341 e. The van der Waals surface area contributed by atoms with Crippen LogP contribution in [0.2, 0.25) is 0 Å². The molecule has 0 spiro atoms. The Hall–Kier alpha value is -4.37. The Balaban J connectivity index is 1.29. The van der Waals surface area contributed by atoms with Gasteiger partial charge >= 0.3 is 17.9 Å². The molecule has 1 aromatic heterocycles. The minimum absolute atomic E-state index is 0.0452. The SMILES string of the molecule is CC[C@H]1OC(=O)[C@H](C)[C@@H](O[C@H]2C[C@@](C)(OC)[C@@H](OC(=O)CCCCCOCC#Cc3ccc4c(c3)c(=O)c(C(=O)O)cn4CC)[C@H](C)O2)[C@H](C)[C@@H](O[C@@H]2O[C@H](C)C[C@H](N(C)C)[C@H]2O)[C@](C)(OC)C[C@@H](C)C(=O)[C@H](C)[C@@H](O)[C@]1(C)O. The molecule has 3 aliphatic heterocycles. The molecule has 4 N–H and O–H groups in total. The highest BCUT2D eigenvalue weighted by Gasteiger charge is 2.55. The van der Waals surface area contributed by atoms with E-state index in [1.807, 2.05) is 39.8 Å². The fraction of sp³-hybridized carbons (Fsp3) is 0.746. The van der Waals surface area contributed by atoms with Crippen LogP contribution in [0.3, 0.4) is 0 Å². The fourth-order valence-electron chi connectivity index (χ4n) is 11.8. The Kier molecular flexibility index (Phi) is 23.3. The zero-order valence-electron chi connectivity index (χ0n) is 49.1. The van der Waals surface area contributed by atoms with E-state index in [1.54, 1.807) is 64.3 Å². The molecule has 3 fully saturated rings. The summed E-state index contributed by atoms with van der Waals surface area (Å²) in [4.78, 5) is 68.7. The molecule has 79 heavy (non-hydrogen) atoms. The van der Waals surface area contributed by atoms with Crippen LogP contribution < -0.4 is 5.43 Å². The van der Waals surface area contributed by atoms with E-state index in [0.29, 0.717) is 49.9 Å². The number of unbranched alkanes of at least 4 members (excludes halogenated alkanes) is 2. The number of aliphatic hydroxyl groups is 3. The van der Waals surface area contributed by atoms with E-state index in [2.05, 4.69) is 11.8 Å². The van der Waals surface area contributed by atoms with Gasteiger partial charge in [-0.15, -0.1) is 0 Å². The van der Waals surface area contributed by atoms with Crippen LogP contribution in [0.1, 0.15) is 143 Å². The molecule has 3 saturated heterocycles. The highest BCUT2D eigenvalue weighted by Crippen LogP contribution is 2.42. The average molecular weight is 1120 g/mol. The number of aryl methyl sites for hydroxylation is 1. The summed E-state index contributed by atoms with van der Waals surface area (Å²) in [6, 6.07) is 4.78. The number of likely N-dealkylation sites (N-methyl/N-ethyl adjacent to an activating group) is 1. The van der Waals surface area contributed by atoms with Crippen LogP contribution in [-0.4, -0.2) is 179 Å². The van der Waals surface area contributed by atoms with Crippen molar-refractivity contribution in [3.8, 4) is 11.8 Å². The number of carboxylic acids is 1. The maximum atomic E-state index is 14.6. The number of nitrogens with zero attached hydrogens (tertiary/aromatic N) is 2. The number of pyridine rings is 1. The van der Waals surface area contributed by atoms with Crippen molar-refractivity contribution in [2.75, 3.05) is 41.5 Å². The van der Waals surface area contributed by atoms with Gasteiger partial charge in [0.05, 0.1) is 47.6 Å². The number of carbonyl (C=O) groups is 4. The number of carbonyl (C=O) groups excluding carboxylic acids is 3. The van der Waals surface area contributed by atoms with Gasteiger partial charge in [0.1, 0.15) is 41.4 Å². The third-order valence-corrected chi connectivity index (χ3v) is 16.7. The number of benzene rings is 1. The van der Waals surface area contributed by atoms with Crippen molar-refractivity contribution in [2.45, 2.75) is 218 Å². The van der Waals surface area contributed by atoms with Crippen LogP contribution in [0.15, 0.2) is 29.2 Å². The molecule has 444 valence electrons. The Morgan fingerprint density at radius 3 is 2.18 bits per heavy atom. The molecular weight excluding hydrogens is 1020 g/mol. The topological polar surface area (TPSA) is 258 Å². The summed E-state index contributed by atoms with van der Waals surface area (Å²) in [6.45, 7) is 19.9. The van der Waals surface area contributed by atoms with E-state index in [-0.39, 0.29) is 61.2 Å². The number of methoxy groups -OCH3 is 2. The number of fused-ring (bicyclic) bond motifs is 1. The van der Waals surface area contributed by atoms with Crippen molar-refractivity contribution in [3.63, 3.8) is 0 Å². The molecule has 0 aliphatic carbocycles. The molecule has 18 atom stereocenters. The number of ether oxygens (including phenoxy) is 9. The van der Waals surface area contributed by atoms with Gasteiger partial charge in [0.2, 0.25) is 5.43 Å². The molecular formula is C59H90N2O18. The maximum Gasteiger partial charge on any atom is 0.341 e. The molecule has 20 nitrogen and oxygen atoms in total. The zero-order chi connectivity index (χ0) is 58.9. The van der Waals surface area contributed by atoms with Crippen LogP contribution in [0.25, 0.3) is 10.9 Å². The number of aromatic carboxylic acids is 1. The first-order valence-corrected chi connectivity index (χ1v) is 28.0. The predicted octanol–water partition coefficient (Wildman–Crippen LogP) is 5.65. The molecule has 3 aliphatic rings. The number of esters is 2. The Morgan fingerprint density at radius 2 is 1.56 bits per heavy atom. The first-order valence-electron chi connectivity index (χ1n) is 28.0. The lowest BCUT2D eigenvalue weighted by Crippen LogP contribution is -2.61. The molecule has 2 aromatic rings. The molecule has 0 unspecified atom stereocenters. The summed E-state index contributed by atoms with van der Waals surface area (Å²) in [5.74, 6) is -0.647. The van der Waals surface area contributed by atoms with E-state index in [4.69, 9.17) is 42.6 Å². The van der Waals surface area contributed by atoms with Gasteiger partial charge < -0.3 is 72.5 Å². The average Bonchev–Trinajstić information content (AvgIpc) is 3.46. The standard InChI is InChI=1S/C59H90N2O18/c1-16-44-59(11,70)51(66)35(5)47(63)33(3)30-57(9,71-14)52(79-56-49(65)43(60(12)13)28-34(4)74-56)36(6)50(37(7)55(69)76-44)78-46-31-58(10,72-15)53(38(8)75-46)77-45(62)23-19-18-20-26-73-27-21-22-39-24-25-42-40(29-39)48(64)41(54(67)68)32-61(42)17-2/h24-25,29,32-38,43-44,46,49-53,56,65-66,70H,16-20,23,26-28,30-31H2,1-15H3,(H,67,68)/t33-,34-,35+,36+,37-,38+,43+,44-,46+,49-,50+,51-,52-,53+,56+,57-,58-,59-/m1/s1. The second-order valence-electron chi connectivity index (χ2n) is 23.0. The van der Waals surface area contributed by atoms with Crippen molar-refractivity contribution in [3.05, 3.63) is 45.7 Å². The van der Waals surface area contributed by atoms with Gasteiger partial charge in [-0.1, -0.05) is 46.0 Å². The Bertz CT molecular complexity index is 2520. The first-order chi connectivity index (χ1) is 37.1. The lowest BCUT2D eigenvalue weighted by molar-refractivity contribution is -0.320. The summed E-state index contributed by atoms with van der Waals surface area (Å²) in [6.07, 6.45) is -6.23. The number of aromatic nitrogens is 1. The van der Waals surface area contributed by atoms with Crippen LogP contribution >= 0.6 is 0 Å².